The van der Waals surface area contributed by atoms with Crippen LogP contribution in [0.15, 0.2) is 0 Å². The summed E-state index contributed by atoms with van der Waals surface area (Å²) in [6.07, 6.45) is 3.07. The van der Waals surface area contributed by atoms with Crippen LogP contribution in [0.2, 0.25) is 0 Å². The number of ether oxygens (including phenoxy) is 1. The highest BCUT2D eigenvalue weighted by atomic mass is 32.1. The van der Waals surface area contributed by atoms with Crippen molar-refractivity contribution in [2.24, 2.45) is 5.73 Å². The maximum Gasteiger partial charge on any atom is 0.236 e. The smallest absolute Gasteiger partial charge is 0.236 e. The Balaban J connectivity index is 1.79. The van der Waals surface area contributed by atoms with E-state index in [9.17, 15) is 4.79 Å². The van der Waals surface area contributed by atoms with Gasteiger partial charge in [-0.1, -0.05) is 12.2 Å². The van der Waals surface area contributed by atoms with Crippen LogP contribution in [0.4, 0.5) is 0 Å². The zero-order valence-electron chi connectivity index (χ0n) is 10.6. The van der Waals surface area contributed by atoms with Gasteiger partial charge in [0.25, 0.3) is 0 Å². The summed E-state index contributed by atoms with van der Waals surface area (Å²) in [5.41, 5.74) is 5.53. The highest BCUT2D eigenvalue weighted by molar-refractivity contribution is 7.80. The Morgan fingerprint density at radius 1 is 1.39 bits per heavy atom. The van der Waals surface area contributed by atoms with Crippen LogP contribution in [0.25, 0.3) is 0 Å². The minimum atomic E-state index is 0.202. The molecule has 1 aliphatic carbocycles. The number of nitrogens with zero attached hydrogens (tertiary/aromatic N) is 2. The van der Waals surface area contributed by atoms with E-state index < -0.39 is 0 Å². The van der Waals surface area contributed by atoms with Crippen LogP contribution in [-0.4, -0.2) is 66.1 Å². The Kier molecular flexibility index (Phi) is 4.91. The number of hydrogen-bond donors (Lipinski definition) is 1. The van der Waals surface area contributed by atoms with Crippen molar-refractivity contribution in [1.82, 2.24) is 9.80 Å². The van der Waals surface area contributed by atoms with Gasteiger partial charge in [0.05, 0.1) is 24.7 Å². The summed E-state index contributed by atoms with van der Waals surface area (Å²) >= 11 is 4.90. The lowest BCUT2D eigenvalue weighted by atomic mass is 10.3. The van der Waals surface area contributed by atoms with Gasteiger partial charge in [-0.25, -0.2) is 0 Å². The summed E-state index contributed by atoms with van der Waals surface area (Å²) < 4.78 is 5.25. The number of amides is 1. The lowest BCUT2D eigenvalue weighted by molar-refractivity contribution is -0.136. The van der Waals surface area contributed by atoms with E-state index >= 15 is 0 Å². The fourth-order valence-corrected chi connectivity index (χ4v) is 2.26. The minimum Gasteiger partial charge on any atom is -0.393 e. The van der Waals surface area contributed by atoms with Gasteiger partial charge < -0.3 is 15.4 Å². The summed E-state index contributed by atoms with van der Waals surface area (Å²) in [6.45, 7) is 4.03. The molecule has 2 rings (SSSR count). The zero-order valence-corrected chi connectivity index (χ0v) is 11.5. The molecule has 18 heavy (non-hydrogen) atoms. The van der Waals surface area contributed by atoms with Crippen molar-refractivity contribution in [3.8, 4) is 0 Å². The summed E-state index contributed by atoms with van der Waals surface area (Å²) in [7, 11) is 0. The summed E-state index contributed by atoms with van der Waals surface area (Å²) in [5, 5.41) is 0. The second-order valence-corrected chi connectivity index (χ2v) is 5.44. The first-order valence-electron chi connectivity index (χ1n) is 6.54. The molecule has 1 heterocycles. The van der Waals surface area contributed by atoms with Gasteiger partial charge in [-0.2, -0.15) is 0 Å². The molecule has 1 amide bonds. The van der Waals surface area contributed by atoms with Crippen LogP contribution < -0.4 is 5.73 Å². The third-order valence-corrected chi connectivity index (χ3v) is 3.61. The number of carbonyl (C=O) groups excluding carboxylic acids is 1. The molecular weight excluding hydrogens is 250 g/mol. The van der Waals surface area contributed by atoms with Gasteiger partial charge in [-0.05, 0) is 12.8 Å². The van der Waals surface area contributed by atoms with Crippen LogP contribution in [0.3, 0.4) is 0 Å². The van der Waals surface area contributed by atoms with E-state index in [1.54, 1.807) is 0 Å². The van der Waals surface area contributed by atoms with Crippen molar-refractivity contribution in [3.05, 3.63) is 0 Å². The predicted octanol–water partition coefficient (Wildman–Crippen LogP) is -0.0142. The first-order valence-corrected chi connectivity index (χ1v) is 6.95. The lowest BCUT2D eigenvalue weighted by Gasteiger charge is -2.30. The third-order valence-electron chi connectivity index (χ3n) is 3.41. The lowest BCUT2D eigenvalue weighted by Crippen LogP contribution is -2.46. The third kappa shape index (κ3) is 4.19. The topological polar surface area (TPSA) is 58.8 Å². The van der Waals surface area contributed by atoms with Gasteiger partial charge >= 0.3 is 0 Å². The molecule has 0 aromatic carbocycles. The molecule has 1 saturated carbocycles. The predicted molar refractivity (Wildman–Crippen MR) is 73.4 cm³/mol. The van der Waals surface area contributed by atoms with Gasteiger partial charge in [0.1, 0.15) is 0 Å². The maximum absolute atomic E-state index is 12.2. The molecule has 102 valence electrons. The minimum absolute atomic E-state index is 0.202. The molecule has 1 saturated heterocycles. The monoisotopic (exact) mass is 271 g/mol. The van der Waals surface area contributed by atoms with E-state index in [0.717, 1.165) is 6.54 Å². The largest absolute Gasteiger partial charge is 0.393 e. The molecule has 2 fully saturated rings. The van der Waals surface area contributed by atoms with Gasteiger partial charge in [-0.15, -0.1) is 0 Å². The van der Waals surface area contributed by atoms with E-state index in [2.05, 4.69) is 4.90 Å². The number of rotatable bonds is 6. The molecule has 0 aromatic heterocycles. The van der Waals surface area contributed by atoms with Crippen molar-refractivity contribution in [2.45, 2.75) is 25.3 Å². The maximum atomic E-state index is 12.2. The van der Waals surface area contributed by atoms with E-state index in [0.29, 0.717) is 50.3 Å². The second-order valence-electron chi connectivity index (χ2n) is 4.91. The first-order chi connectivity index (χ1) is 8.66. The highest BCUT2D eigenvalue weighted by Gasteiger charge is 2.31. The van der Waals surface area contributed by atoms with Crippen LogP contribution >= 0.6 is 12.2 Å². The molecule has 1 aliphatic heterocycles. The van der Waals surface area contributed by atoms with Gasteiger partial charge in [0.15, 0.2) is 0 Å². The number of morpholine rings is 1. The fraction of sp³-hybridized carbons (Fsp3) is 0.833. The van der Waals surface area contributed by atoms with Crippen molar-refractivity contribution in [2.75, 3.05) is 39.4 Å². The molecular formula is C12H21N3O2S. The standard InChI is InChI=1S/C12H21N3O2S/c13-11(18)3-4-15(10-1-2-10)9-12(16)14-5-7-17-8-6-14/h10H,1-9H2,(H2,13,18). The van der Waals surface area contributed by atoms with Crippen molar-refractivity contribution >= 4 is 23.1 Å². The molecule has 0 spiro atoms. The first kappa shape index (κ1) is 13.7. The fourth-order valence-electron chi connectivity index (χ4n) is 2.17. The van der Waals surface area contributed by atoms with Crippen molar-refractivity contribution in [3.63, 3.8) is 0 Å². The van der Waals surface area contributed by atoms with E-state index in [1.807, 2.05) is 4.90 Å². The summed E-state index contributed by atoms with van der Waals surface area (Å²) in [6, 6.07) is 0.560. The van der Waals surface area contributed by atoms with E-state index in [-0.39, 0.29) is 5.91 Å². The molecule has 0 unspecified atom stereocenters. The SMILES string of the molecule is NC(=S)CCN(CC(=O)N1CCOCC1)C1CC1. The molecule has 0 radical (unpaired) electrons. The van der Waals surface area contributed by atoms with Crippen LogP contribution in [0.1, 0.15) is 19.3 Å². The van der Waals surface area contributed by atoms with Crippen LogP contribution in [0, 0.1) is 0 Å². The summed E-state index contributed by atoms with van der Waals surface area (Å²) in [5.74, 6) is 0.202. The normalized spacial score (nSPS) is 20.2. The number of hydrogen-bond acceptors (Lipinski definition) is 4. The highest BCUT2D eigenvalue weighted by Crippen LogP contribution is 2.26. The molecule has 0 bridgehead atoms. The Morgan fingerprint density at radius 2 is 2.06 bits per heavy atom. The Labute approximate surface area is 113 Å². The Morgan fingerprint density at radius 3 is 2.61 bits per heavy atom. The van der Waals surface area contributed by atoms with Gasteiger partial charge in [-0.3, -0.25) is 9.69 Å². The van der Waals surface area contributed by atoms with Gasteiger partial charge in [0, 0.05) is 32.1 Å². The average Bonchev–Trinajstić information content (AvgIpc) is 3.19. The molecule has 6 heteroatoms. The molecule has 0 aromatic rings. The Hall–Kier alpha value is -0.720. The van der Waals surface area contributed by atoms with E-state index in [4.69, 9.17) is 22.7 Å². The van der Waals surface area contributed by atoms with Crippen LogP contribution in [-0.2, 0) is 9.53 Å². The molecule has 2 aliphatic rings. The molecule has 2 N–H and O–H groups in total. The average molecular weight is 271 g/mol. The summed E-state index contributed by atoms with van der Waals surface area (Å²) in [4.78, 5) is 16.8. The quantitative estimate of drug-likeness (QED) is 0.688. The second kappa shape index (κ2) is 6.45. The van der Waals surface area contributed by atoms with Crippen molar-refractivity contribution in [1.29, 1.82) is 0 Å². The number of thiocarbonyl (C=S) groups is 1. The number of nitrogens with two attached hydrogens (primary N) is 1. The van der Waals surface area contributed by atoms with Crippen molar-refractivity contribution < 1.29 is 9.53 Å². The van der Waals surface area contributed by atoms with E-state index in [1.165, 1.54) is 12.8 Å². The Bertz CT molecular complexity index is 314. The van der Waals surface area contributed by atoms with Crippen LogP contribution in [0.5, 0.6) is 0 Å². The molecule has 5 nitrogen and oxygen atoms in total. The zero-order chi connectivity index (χ0) is 13.0. The van der Waals surface area contributed by atoms with Gasteiger partial charge in [0.2, 0.25) is 5.91 Å². The number of carbonyl (C=O) groups is 1. The molecule has 0 atom stereocenters.